The summed E-state index contributed by atoms with van der Waals surface area (Å²) >= 11 is 2.56. The van der Waals surface area contributed by atoms with Gasteiger partial charge in [-0.15, -0.1) is 10.2 Å². The molecule has 0 aliphatic rings. The van der Waals surface area contributed by atoms with Gasteiger partial charge in [-0.1, -0.05) is 29.2 Å². The lowest BCUT2D eigenvalue weighted by atomic mass is 10.1. The standard InChI is InChI=1S/C19H17FN4O2S2/c1-11(25)13-6-8-15(9-7-13)21-17(26)12(2)27-19-24-23-18(28-19)22-16-5-3-4-14(20)10-16/h3-10,12H,1-2H3,(H,21,26)(H,22,23)/t12-/m1/s1. The Hall–Kier alpha value is -2.78. The number of anilines is 3. The molecule has 0 bridgehead atoms. The highest BCUT2D eigenvalue weighted by molar-refractivity contribution is 8.02. The number of nitrogens with zero attached hydrogens (tertiary/aromatic N) is 2. The number of benzene rings is 2. The summed E-state index contributed by atoms with van der Waals surface area (Å²) < 4.78 is 13.9. The Kier molecular flexibility index (Phi) is 6.37. The van der Waals surface area contributed by atoms with Gasteiger partial charge in [0.2, 0.25) is 11.0 Å². The predicted octanol–water partition coefficient (Wildman–Crippen LogP) is 4.74. The third-order valence-corrected chi connectivity index (χ3v) is 5.71. The molecule has 1 heterocycles. The second kappa shape index (κ2) is 8.94. The van der Waals surface area contributed by atoms with E-state index < -0.39 is 5.25 Å². The molecule has 28 heavy (non-hydrogen) atoms. The van der Waals surface area contributed by atoms with E-state index >= 15 is 0 Å². The van der Waals surface area contributed by atoms with Crippen molar-refractivity contribution in [2.45, 2.75) is 23.4 Å². The molecule has 0 aliphatic carbocycles. The van der Waals surface area contributed by atoms with Crippen LogP contribution in [0.1, 0.15) is 24.2 Å². The van der Waals surface area contributed by atoms with Crippen molar-refractivity contribution < 1.29 is 14.0 Å². The van der Waals surface area contributed by atoms with Crippen molar-refractivity contribution in [2.24, 2.45) is 0 Å². The molecule has 0 unspecified atom stereocenters. The van der Waals surface area contributed by atoms with Crippen molar-refractivity contribution in [3.63, 3.8) is 0 Å². The van der Waals surface area contributed by atoms with Crippen molar-refractivity contribution >= 4 is 51.3 Å². The third kappa shape index (κ3) is 5.37. The van der Waals surface area contributed by atoms with E-state index in [1.165, 1.54) is 42.2 Å². The third-order valence-electron chi connectivity index (χ3n) is 3.69. The van der Waals surface area contributed by atoms with E-state index in [-0.39, 0.29) is 17.5 Å². The first-order chi connectivity index (χ1) is 13.4. The molecule has 1 atom stereocenters. The number of aromatic nitrogens is 2. The first-order valence-electron chi connectivity index (χ1n) is 8.35. The molecule has 0 aliphatic heterocycles. The lowest BCUT2D eigenvalue weighted by molar-refractivity contribution is -0.115. The summed E-state index contributed by atoms with van der Waals surface area (Å²) in [5.74, 6) is -0.554. The zero-order chi connectivity index (χ0) is 20.1. The molecule has 0 fully saturated rings. The van der Waals surface area contributed by atoms with Crippen LogP contribution in [-0.4, -0.2) is 27.1 Å². The van der Waals surface area contributed by atoms with Crippen molar-refractivity contribution in [3.8, 4) is 0 Å². The van der Waals surface area contributed by atoms with Crippen LogP contribution in [0.5, 0.6) is 0 Å². The largest absolute Gasteiger partial charge is 0.330 e. The van der Waals surface area contributed by atoms with E-state index in [9.17, 15) is 14.0 Å². The van der Waals surface area contributed by atoms with Crippen molar-refractivity contribution in [1.82, 2.24) is 10.2 Å². The molecule has 0 radical (unpaired) electrons. The van der Waals surface area contributed by atoms with Crippen LogP contribution in [-0.2, 0) is 4.79 Å². The molecule has 3 aromatic rings. The van der Waals surface area contributed by atoms with Gasteiger partial charge in [-0.2, -0.15) is 0 Å². The minimum absolute atomic E-state index is 0.0271. The van der Waals surface area contributed by atoms with Gasteiger partial charge in [-0.3, -0.25) is 9.59 Å². The molecule has 0 saturated carbocycles. The molecular formula is C19H17FN4O2S2. The maximum atomic E-state index is 13.2. The monoisotopic (exact) mass is 416 g/mol. The number of rotatable bonds is 7. The van der Waals surface area contributed by atoms with Crippen LogP contribution in [0.15, 0.2) is 52.9 Å². The summed E-state index contributed by atoms with van der Waals surface area (Å²) in [6.07, 6.45) is 0. The highest BCUT2D eigenvalue weighted by Gasteiger charge is 2.17. The zero-order valence-corrected chi connectivity index (χ0v) is 16.7. The first-order valence-corrected chi connectivity index (χ1v) is 10.0. The minimum atomic E-state index is -0.401. The average Bonchev–Trinajstić information content (AvgIpc) is 3.09. The normalized spacial score (nSPS) is 11.7. The Labute approximate surface area is 169 Å². The Morgan fingerprint density at radius 2 is 1.86 bits per heavy atom. The van der Waals surface area contributed by atoms with Crippen LogP contribution < -0.4 is 10.6 Å². The number of amides is 1. The maximum Gasteiger partial charge on any atom is 0.237 e. The Balaban J connectivity index is 1.56. The van der Waals surface area contributed by atoms with Crippen LogP contribution >= 0.6 is 23.1 Å². The van der Waals surface area contributed by atoms with Crippen molar-refractivity contribution in [2.75, 3.05) is 10.6 Å². The molecule has 6 nitrogen and oxygen atoms in total. The minimum Gasteiger partial charge on any atom is -0.330 e. The number of carbonyl (C=O) groups excluding carboxylic acids is 2. The van der Waals surface area contributed by atoms with Gasteiger partial charge in [-0.25, -0.2) is 4.39 Å². The van der Waals surface area contributed by atoms with Gasteiger partial charge in [0.25, 0.3) is 0 Å². The number of hydrogen-bond donors (Lipinski definition) is 2. The fraction of sp³-hybridized carbons (Fsp3) is 0.158. The fourth-order valence-corrected chi connectivity index (χ4v) is 4.15. The lowest BCUT2D eigenvalue weighted by Crippen LogP contribution is -2.22. The van der Waals surface area contributed by atoms with Crippen LogP contribution in [0.2, 0.25) is 0 Å². The first kappa shape index (κ1) is 20.0. The van der Waals surface area contributed by atoms with Gasteiger partial charge in [0.05, 0.1) is 5.25 Å². The quantitative estimate of drug-likeness (QED) is 0.427. The Morgan fingerprint density at radius 3 is 2.54 bits per heavy atom. The van der Waals surface area contributed by atoms with Gasteiger partial charge >= 0.3 is 0 Å². The number of carbonyl (C=O) groups is 2. The fourth-order valence-electron chi connectivity index (χ4n) is 2.23. The van der Waals surface area contributed by atoms with E-state index in [0.717, 1.165) is 0 Å². The summed E-state index contributed by atoms with van der Waals surface area (Å²) in [5, 5.41) is 14.0. The molecule has 2 N–H and O–H groups in total. The SMILES string of the molecule is CC(=O)c1ccc(NC(=O)[C@@H](C)Sc2nnc(Nc3cccc(F)c3)s2)cc1. The second-order valence-corrected chi connectivity index (χ2v) is 8.46. The smallest absolute Gasteiger partial charge is 0.237 e. The molecule has 0 spiro atoms. The Bertz CT molecular complexity index is 992. The van der Waals surface area contributed by atoms with Crippen molar-refractivity contribution in [3.05, 3.63) is 59.9 Å². The molecule has 1 aromatic heterocycles. The van der Waals surface area contributed by atoms with Gasteiger partial charge < -0.3 is 10.6 Å². The Morgan fingerprint density at radius 1 is 1.11 bits per heavy atom. The maximum absolute atomic E-state index is 13.2. The topological polar surface area (TPSA) is 84.0 Å². The number of nitrogens with one attached hydrogen (secondary N) is 2. The molecule has 3 rings (SSSR count). The van der Waals surface area contributed by atoms with E-state index in [1.54, 1.807) is 43.3 Å². The van der Waals surface area contributed by atoms with Crippen LogP contribution in [0.3, 0.4) is 0 Å². The summed E-state index contributed by atoms with van der Waals surface area (Å²) in [6, 6.07) is 12.8. The number of thioether (sulfide) groups is 1. The summed E-state index contributed by atoms with van der Waals surface area (Å²) in [7, 11) is 0. The van der Waals surface area contributed by atoms with E-state index in [0.29, 0.717) is 26.4 Å². The molecule has 2 aromatic carbocycles. The van der Waals surface area contributed by atoms with Crippen LogP contribution in [0, 0.1) is 5.82 Å². The van der Waals surface area contributed by atoms with Gasteiger partial charge in [0, 0.05) is 16.9 Å². The summed E-state index contributed by atoms with van der Waals surface area (Å²) in [6.45, 7) is 3.26. The van der Waals surface area contributed by atoms with Crippen LogP contribution in [0.4, 0.5) is 20.9 Å². The number of ketones is 1. The second-order valence-electron chi connectivity index (χ2n) is 5.89. The lowest BCUT2D eigenvalue weighted by Gasteiger charge is -2.10. The van der Waals surface area contributed by atoms with Gasteiger partial charge in [0.1, 0.15) is 5.82 Å². The predicted molar refractivity (Wildman–Crippen MR) is 110 cm³/mol. The molecular weight excluding hydrogens is 399 g/mol. The highest BCUT2D eigenvalue weighted by Crippen LogP contribution is 2.31. The molecule has 1 amide bonds. The molecule has 144 valence electrons. The molecule has 0 saturated heterocycles. The molecule has 9 heteroatoms. The van der Waals surface area contributed by atoms with Crippen LogP contribution in [0.25, 0.3) is 0 Å². The van der Waals surface area contributed by atoms with E-state index in [4.69, 9.17) is 0 Å². The van der Waals surface area contributed by atoms with Gasteiger partial charge in [0.15, 0.2) is 10.1 Å². The van der Waals surface area contributed by atoms with E-state index in [2.05, 4.69) is 20.8 Å². The number of hydrogen-bond acceptors (Lipinski definition) is 7. The average molecular weight is 417 g/mol. The summed E-state index contributed by atoms with van der Waals surface area (Å²) in [5.41, 5.74) is 1.79. The highest BCUT2D eigenvalue weighted by atomic mass is 32.2. The number of halogens is 1. The number of Topliss-reactive ketones (excluding diaryl/α,β-unsaturated/α-hetero) is 1. The zero-order valence-electron chi connectivity index (χ0n) is 15.1. The van der Waals surface area contributed by atoms with Gasteiger partial charge in [-0.05, 0) is 56.3 Å². The summed E-state index contributed by atoms with van der Waals surface area (Å²) in [4.78, 5) is 23.7. The van der Waals surface area contributed by atoms with Crippen molar-refractivity contribution in [1.29, 1.82) is 0 Å². The van der Waals surface area contributed by atoms with E-state index in [1.807, 2.05) is 0 Å².